The number of carbonyl (C=O) groups is 1. The van der Waals surface area contributed by atoms with E-state index >= 15 is 0 Å². The molecule has 0 heterocycles. The van der Waals surface area contributed by atoms with Crippen LogP contribution in [0.15, 0.2) is 24.8 Å². The molecule has 0 aromatic heterocycles. The van der Waals surface area contributed by atoms with E-state index in [9.17, 15) is 4.79 Å². The largest absolute Gasteiger partial charge is 0.462 e. The van der Waals surface area contributed by atoms with Crippen LogP contribution in [-0.2, 0) is 9.53 Å². The Morgan fingerprint density at radius 2 is 1.42 bits per heavy atom. The molecule has 0 saturated carbocycles. The van der Waals surface area contributed by atoms with Crippen molar-refractivity contribution < 1.29 is 9.53 Å². The zero-order chi connectivity index (χ0) is 14.3. The minimum atomic E-state index is -0.342. The first-order chi connectivity index (χ1) is 9.22. The van der Waals surface area contributed by atoms with Crippen LogP contribution >= 0.6 is 0 Å². The minimum absolute atomic E-state index is 0.340. The molecule has 0 saturated heterocycles. The number of ether oxygens (including phenoxy) is 1. The number of unbranched alkanes of at least 4 members (excludes halogenated alkanes) is 9. The Labute approximate surface area is 118 Å². The second-order valence-corrected chi connectivity index (χ2v) is 5.05. The molecule has 0 bridgehead atoms. The average molecular weight is 266 g/mol. The van der Waals surface area contributed by atoms with E-state index in [1.807, 2.05) is 0 Å². The summed E-state index contributed by atoms with van der Waals surface area (Å²) < 4.78 is 5.06. The van der Waals surface area contributed by atoms with Crippen molar-refractivity contribution in [2.45, 2.75) is 71.1 Å². The standard InChI is InChI=1S/C17H30O2/c1-4-6-7-8-9-10-11-12-13-14-15-19-17(18)16(3)5-2/h5H,2-4,6-15H2,1H3. The van der Waals surface area contributed by atoms with Gasteiger partial charge in [0.05, 0.1) is 12.2 Å². The predicted molar refractivity (Wildman–Crippen MR) is 82.1 cm³/mol. The van der Waals surface area contributed by atoms with Crippen LogP contribution in [0.5, 0.6) is 0 Å². The molecule has 0 radical (unpaired) electrons. The highest BCUT2D eigenvalue weighted by Gasteiger charge is 2.03. The molecule has 0 fully saturated rings. The van der Waals surface area contributed by atoms with E-state index in [4.69, 9.17) is 4.74 Å². The summed E-state index contributed by atoms with van der Waals surface area (Å²) in [5, 5.41) is 0. The predicted octanol–water partition coefficient (Wildman–Crippen LogP) is 5.19. The zero-order valence-electron chi connectivity index (χ0n) is 12.6. The summed E-state index contributed by atoms with van der Waals surface area (Å²) in [5.41, 5.74) is 0.340. The number of hydrogen-bond acceptors (Lipinski definition) is 2. The normalized spacial score (nSPS) is 10.2. The molecule has 0 aliphatic heterocycles. The van der Waals surface area contributed by atoms with Crippen LogP contribution in [0, 0.1) is 0 Å². The van der Waals surface area contributed by atoms with Crippen molar-refractivity contribution in [3.8, 4) is 0 Å². The SMILES string of the molecule is C=CC(=C)C(=O)OCCCCCCCCCCCC. The molecule has 2 heteroatoms. The molecule has 0 aromatic carbocycles. The Kier molecular flexibility index (Phi) is 12.6. The van der Waals surface area contributed by atoms with E-state index < -0.39 is 0 Å². The van der Waals surface area contributed by atoms with Crippen LogP contribution in [0.25, 0.3) is 0 Å². The van der Waals surface area contributed by atoms with Crippen LogP contribution in [0.3, 0.4) is 0 Å². The van der Waals surface area contributed by atoms with Gasteiger partial charge in [-0.2, -0.15) is 0 Å². The van der Waals surface area contributed by atoms with E-state index in [1.165, 1.54) is 57.4 Å². The van der Waals surface area contributed by atoms with E-state index in [2.05, 4.69) is 20.1 Å². The number of carbonyl (C=O) groups excluding carboxylic acids is 1. The maximum atomic E-state index is 11.2. The highest BCUT2D eigenvalue weighted by atomic mass is 16.5. The minimum Gasteiger partial charge on any atom is -0.462 e. The van der Waals surface area contributed by atoms with Crippen LogP contribution in [0.1, 0.15) is 71.1 Å². The number of esters is 1. The lowest BCUT2D eigenvalue weighted by Gasteiger charge is -2.04. The zero-order valence-corrected chi connectivity index (χ0v) is 12.6. The molecule has 110 valence electrons. The van der Waals surface area contributed by atoms with Crippen molar-refractivity contribution in [1.29, 1.82) is 0 Å². The maximum absolute atomic E-state index is 11.2. The Balaban J connectivity index is 3.17. The summed E-state index contributed by atoms with van der Waals surface area (Å²) in [6, 6.07) is 0. The third-order valence-electron chi connectivity index (χ3n) is 3.24. The van der Waals surface area contributed by atoms with E-state index in [-0.39, 0.29) is 5.97 Å². The molecule has 19 heavy (non-hydrogen) atoms. The van der Waals surface area contributed by atoms with Crippen LogP contribution in [0.2, 0.25) is 0 Å². The van der Waals surface area contributed by atoms with Gasteiger partial charge in [0, 0.05) is 0 Å². The summed E-state index contributed by atoms with van der Waals surface area (Å²) in [6.07, 6.45) is 14.3. The first-order valence-electron chi connectivity index (χ1n) is 7.70. The number of hydrogen-bond donors (Lipinski definition) is 0. The lowest BCUT2D eigenvalue weighted by Crippen LogP contribution is -2.06. The van der Waals surface area contributed by atoms with Crippen molar-refractivity contribution in [3.63, 3.8) is 0 Å². The molecule has 0 spiro atoms. The maximum Gasteiger partial charge on any atom is 0.337 e. The fourth-order valence-electron chi connectivity index (χ4n) is 1.93. The van der Waals surface area contributed by atoms with Crippen LogP contribution in [0.4, 0.5) is 0 Å². The van der Waals surface area contributed by atoms with Crippen molar-refractivity contribution in [3.05, 3.63) is 24.8 Å². The first-order valence-corrected chi connectivity index (χ1v) is 7.70. The van der Waals surface area contributed by atoms with Crippen LogP contribution < -0.4 is 0 Å². The third kappa shape index (κ3) is 11.8. The van der Waals surface area contributed by atoms with Crippen molar-refractivity contribution >= 4 is 5.97 Å². The summed E-state index contributed by atoms with van der Waals surface area (Å²) in [6.45, 7) is 9.79. The average Bonchev–Trinajstić information content (AvgIpc) is 2.43. The van der Waals surface area contributed by atoms with Gasteiger partial charge in [0.1, 0.15) is 0 Å². The van der Waals surface area contributed by atoms with Gasteiger partial charge >= 0.3 is 5.97 Å². The third-order valence-corrected chi connectivity index (χ3v) is 3.24. The smallest absolute Gasteiger partial charge is 0.337 e. The van der Waals surface area contributed by atoms with E-state index in [1.54, 1.807) is 0 Å². The second kappa shape index (κ2) is 13.4. The van der Waals surface area contributed by atoms with Crippen molar-refractivity contribution in [1.82, 2.24) is 0 Å². The van der Waals surface area contributed by atoms with E-state index in [0.29, 0.717) is 12.2 Å². The second-order valence-electron chi connectivity index (χ2n) is 5.05. The van der Waals surface area contributed by atoms with Gasteiger partial charge in [-0.1, -0.05) is 83.9 Å². The summed E-state index contributed by atoms with van der Waals surface area (Å²) >= 11 is 0. The van der Waals surface area contributed by atoms with E-state index in [0.717, 1.165) is 12.8 Å². The quantitative estimate of drug-likeness (QED) is 0.198. The highest BCUT2D eigenvalue weighted by Crippen LogP contribution is 2.10. The van der Waals surface area contributed by atoms with Crippen molar-refractivity contribution in [2.75, 3.05) is 6.61 Å². The lowest BCUT2D eigenvalue weighted by molar-refractivity contribution is -0.138. The molecule has 2 nitrogen and oxygen atoms in total. The Morgan fingerprint density at radius 1 is 0.947 bits per heavy atom. The molecular formula is C17H30O2. The van der Waals surface area contributed by atoms with Crippen LogP contribution in [-0.4, -0.2) is 12.6 Å². The van der Waals surface area contributed by atoms with Crippen molar-refractivity contribution in [2.24, 2.45) is 0 Å². The highest BCUT2D eigenvalue weighted by molar-refractivity contribution is 5.90. The molecule has 0 aliphatic rings. The van der Waals surface area contributed by atoms with Gasteiger partial charge in [-0.15, -0.1) is 0 Å². The monoisotopic (exact) mass is 266 g/mol. The van der Waals surface area contributed by atoms with Gasteiger partial charge in [0.2, 0.25) is 0 Å². The summed E-state index contributed by atoms with van der Waals surface area (Å²) in [5.74, 6) is -0.342. The summed E-state index contributed by atoms with van der Waals surface area (Å²) in [7, 11) is 0. The molecule has 0 rings (SSSR count). The van der Waals surface area contributed by atoms with Gasteiger partial charge in [-0.25, -0.2) is 4.79 Å². The molecule has 0 atom stereocenters. The fraction of sp³-hybridized carbons (Fsp3) is 0.706. The Morgan fingerprint density at radius 3 is 1.89 bits per heavy atom. The topological polar surface area (TPSA) is 26.3 Å². The van der Waals surface area contributed by atoms with Gasteiger partial charge in [0.15, 0.2) is 0 Å². The molecular weight excluding hydrogens is 236 g/mol. The Hall–Kier alpha value is -1.05. The number of rotatable bonds is 13. The van der Waals surface area contributed by atoms with Gasteiger partial charge in [-0.3, -0.25) is 0 Å². The first kappa shape index (κ1) is 17.9. The molecule has 0 N–H and O–H groups in total. The van der Waals surface area contributed by atoms with Gasteiger partial charge in [0.25, 0.3) is 0 Å². The molecule has 0 unspecified atom stereocenters. The molecule has 0 amide bonds. The lowest BCUT2D eigenvalue weighted by atomic mass is 10.1. The Bertz CT molecular complexity index is 256. The van der Waals surface area contributed by atoms with Gasteiger partial charge in [-0.05, 0) is 6.42 Å². The fourth-order valence-corrected chi connectivity index (χ4v) is 1.93. The molecule has 0 aliphatic carbocycles. The van der Waals surface area contributed by atoms with Gasteiger partial charge < -0.3 is 4.74 Å². The molecule has 0 aromatic rings. The summed E-state index contributed by atoms with van der Waals surface area (Å²) in [4.78, 5) is 11.2.